The van der Waals surface area contributed by atoms with E-state index in [0.717, 1.165) is 5.06 Å². The Balaban J connectivity index is 1.25. The minimum absolute atomic E-state index is 0.180. The third kappa shape index (κ3) is 8.71. The van der Waals surface area contributed by atoms with Crippen molar-refractivity contribution in [2.75, 3.05) is 13.7 Å². The standard InChI is InChI=1S/C41H42F2N4O7/c1-41(2,3)54-36(52-4)12-8-7-11-35-44-33-23-26(15-22-32(33)38(49)46(35)29-20-18-28(43)19-21-29)37(48)45-34(25-13-16-27(42)17-14-25)24-53-47-39(50)30-9-5-6-10-31(30)40(47)51/h5-6,9-10,13-23,34,36,39,50H,7-8,11-12,24H2,1-4H3,(H,45,48)/t34-,36?,39?/m0/s1. The number of hydroxylamine groups is 2. The summed E-state index contributed by atoms with van der Waals surface area (Å²) in [5, 5.41) is 14.7. The van der Waals surface area contributed by atoms with Crippen LogP contribution in [-0.4, -0.2) is 57.1 Å². The number of hydrogen-bond acceptors (Lipinski definition) is 8. The van der Waals surface area contributed by atoms with E-state index in [2.05, 4.69) is 5.32 Å². The zero-order valence-electron chi connectivity index (χ0n) is 30.4. The molecule has 0 spiro atoms. The van der Waals surface area contributed by atoms with Crippen LogP contribution in [0.15, 0.2) is 95.8 Å². The highest BCUT2D eigenvalue weighted by molar-refractivity contribution is 5.98. The van der Waals surface area contributed by atoms with Crippen molar-refractivity contribution < 1.29 is 37.8 Å². The fourth-order valence-corrected chi connectivity index (χ4v) is 6.33. The van der Waals surface area contributed by atoms with Crippen LogP contribution in [0.3, 0.4) is 0 Å². The average Bonchev–Trinajstić information content (AvgIpc) is 3.39. The van der Waals surface area contributed by atoms with Crippen molar-refractivity contribution in [3.8, 4) is 5.69 Å². The van der Waals surface area contributed by atoms with E-state index in [1.165, 1.54) is 71.3 Å². The van der Waals surface area contributed by atoms with E-state index in [4.69, 9.17) is 19.3 Å². The molecule has 0 fully saturated rings. The molecule has 0 saturated heterocycles. The minimum Gasteiger partial charge on any atom is -0.367 e. The maximum Gasteiger partial charge on any atom is 0.280 e. The predicted octanol–water partition coefficient (Wildman–Crippen LogP) is 6.71. The Hall–Kier alpha value is -5.34. The minimum atomic E-state index is -1.35. The molecule has 1 aliphatic heterocycles. The number of benzene rings is 4. The van der Waals surface area contributed by atoms with Crippen LogP contribution in [0.2, 0.25) is 0 Å². The number of aliphatic hydroxyl groups is 1. The molecule has 13 heteroatoms. The number of fused-ring (bicyclic) bond motifs is 2. The number of halogens is 2. The average molecular weight is 741 g/mol. The van der Waals surface area contributed by atoms with Crippen LogP contribution in [0.4, 0.5) is 8.78 Å². The monoisotopic (exact) mass is 740 g/mol. The van der Waals surface area contributed by atoms with Crippen LogP contribution in [-0.2, 0) is 20.7 Å². The van der Waals surface area contributed by atoms with Crippen molar-refractivity contribution in [1.29, 1.82) is 0 Å². The highest BCUT2D eigenvalue weighted by atomic mass is 19.1. The molecule has 1 aromatic heterocycles. The number of unbranched alkanes of at least 4 members (excludes halogenated alkanes) is 1. The Morgan fingerprint density at radius 3 is 2.30 bits per heavy atom. The van der Waals surface area contributed by atoms with E-state index in [1.54, 1.807) is 31.4 Å². The van der Waals surface area contributed by atoms with Crippen LogP contribution in [0.5, 0.6) is 0 Å². The van der Waals surface area contributed by atoms with E-state index in [-0.39, 0.29) is 34.2 Å². The molecule has 0 saturated carbocycles. The largest absolute Gasteiger partial charge is 0.367 e. The second kappa shape index (κ2) is 16.4. The lowest BCUT2D eigenvalue weighted by molar-refractivity contribution is -0.202. The molecule has 2 amide bonds. The van der Waals surface area contributed by atoms with Gasteiger partial charge in [0.2, 0.25) is 0 Å². The molecule has 282 valence electrons. The fourth-order valence-electron chi connectivity index (χ4n) is 6.33. The number of aromatic nitrogens is 2. The number of aryl methyl sites for hydroxylation is 1. The zero-order valence-corrected chi connectivity index (χ0v) is 30.4. The number of nitrogens with zero attached hydrogens (tertiary/aromatic N) is 3. The molecule has 11 nitrogen and oxygen atoms in total. The molecular formula is C41H42F2N4O7. The van der Waals surface area contributed by atoms with Gasteiger partial charge in [0.15, 0.2) is 12.5 Å². The second-order valence-corrected chi connectivity index (χ2v) is 14.0. The summed E-state index contributed by atoms with van der Waals surface area (Å²) in [5.74, 6) is -1.59. The van der Waals surface area contributed by atoms with Crippen molar-refractivity contribution >= 4 is 22.7 Å². The number of aliphatic hydroxyl groups excluding tert-OH is 1. The third-order valence-electron chi connectivity index (χ3n) is 8.97. The van der Waals surface area contributed by atoms with Gasteiger partial charge in [-0.15, -0.1) is 0 Å². The van der Waals surface area contributed by atoms with Gasteiger partial charge < -0.3 is 19.9 Å². The summed E-state index contributed by atoms with van der Waals surface area (Å²) in [4.78, 5) is 51.4. The molecule has 0 radical (unpaired) electrons. The number of carbonyl (C=O) groups is 2. The Morgan fingerprint density at radius 2 is 1.63 bits per heavy atom. The number of amides is 2. The first-order chi connectivity index (χ1) is 25.8. The summed E-state index contributed by atoms with van der Waals surface area (Å²) in [5.41, 5.74) is 1.31. The first-order valence-electron chi connectivity index (χ1n) is 17.6. The van der Waals surface area contributed by atoms with Gasteiger partial charge in [0.25, 0.3) is 17.4 Å². The number of nitrogens with one attached hydrogen (secondary N) is 1. The Morgan fingerprint density at radius 1 is 0.944 bits per heavy atom. The number of ether oxygens (including phenoxy) is 2. The summed E-state index contributed by atoms with van der Waals surface area (Å²) in [7, 11) is 1.59. The molecule has 6 rings (SSSR count). The van der Waals surface area contributed by atoms with Gasteiger partial charge in [-0.2, -0.15) is 5.06 Å². The van der Waals surface area contributed by atoms with Crippen molar-refractivity contribution in [2.24, 2.45) is 0 Å². The van der Waals surface area contributed by atoms with E-state index >= 15 is 0 Å². The molecule has 2 heterocycles. The molecule has 54 heavy (non-hydrogen) atoms. The molecule has 0 aliphatic carbocycles. The summed E-state index contributed by atoms with van der Waals surface area (Å²) < 4.78 is 40.7. The molecule has 2 N–H and O–H groups in total. The molecule has 4 aromatic carbocycles. The summed E-state index contributed by atoms with van der Waals surface area (Å²) in [6, 6.07) is 21.2. The lowest BCUT2D eigenvalue weighted by Gasteiger charge is -2.26. The third-order valence-corrected chi connectivity index (χ3v) is 8.97. The van der Waals surface area contributed by atoms with Gasteiger partial charge in [0, 0.05) is 30.2 Å². The van der Waals surface area contributed by atoms with E-state index in [9.17, 15) is 28.3 Å². The summed E-state index contributed by atoms with van der Waals surface area (Å²) in [6.07, 6.45) is 0.578. The molecule has 5 aromatic rings. The van der Waals surface area contributed by atoms with Crippen LogP contribution >= 0.6 is 0 Å². The van der Waals surface area contributed by atoms with Crippen molar-refractivity contribution in [3.63, 3.8) is 0 Å². The lowest BCUT2D eigenvalue weighted by Crippen LogP contribution is -2.36. The Kier molecular flexibility index (Phi) is 11.6. The van der Waals surface area contributed by atoms with E-state index in [1.807, 2.05) is 20.8 Å². The highest BCUT2D eigenvalue weighted by Gasteiger charge is 2.37. The second-order valence-electron chi connectivity index (χ2n) is 14.0. The quantitative estimate of drug-likeness (QED) is 0.0949. The lowest BCUT2D eigenvalue weighted by atomic mass is 10.1. The molecule has 1 aliphatic rings. The van der Waals surface area contributed by atoms with Gasteiger partial charge in [0.1, 0.15) is 17.5 Å². The zero-order chi connectivity index (χ0) is 38.6. The van der Waals surface area contributed by atoms with Crippen molar-refractivity contribution in [1.82, 2.24) is 19.9 Å². The van der Waals surface area contributed by atoms with Gasteiger partial charge >= 0.3 is 0 Å². The topological polar surface area (TPSA) is 132 Å². The Labute approximate surface area is 311 Å². The maximum absolute atomic E-state index is 14.0. The summed E-state index contributed by atoms with van der Waals surface area (Å²) in [6.45, 7) is 5.57. The van der Waals surface area contributed by atoms with Crippen LogP contribution < -0.4 is 10.9 Å². The van der Waals surface area contributed by atoms with Crippen LogP contribution in [0, 0.1) is 11.6 Å². The highest BCUT2D eigenvalue weighted by Crippen LogP contribution is 2.32. The number of carbonyl (C=O) groups excluding carboxylic acids is 2. The van der Waals surface area contributed by atoms with E-state index in [0.29, 0.717) is 53.9 Å². The summed E-state index contributed by atoms with van der Waals surface area (Å²) >= 11 is 0. The van der Waals surface area contributed by atoms with Gasteiger partial charge in [-0.1, -0.05) is 30.3 Å². The smallest absolute Gasteiger partial charge is 0.280 e. The van der Waals surface area contributed by atoms with Gasteiger partial charge in [0.05, 0.1) is 34.8 Å². The van der Waals surface area contributed by atoms with Gasteiger partial charge in [-0.05, 0) is 106 Å². The number of hydrogen-bond donors (Lipinski definition) is 2. The maximum atomic E-state index is 14.0. The Bertz CT molecular complexity index is 2190. The molecular weight excluding hydrogens is 698 g/mol. The molecule has 3 atom stereocenters. The van der Waals surface area contributed by atoms with Gasteiger partial charge in [-0.3, -0.25) is 23.8 Å². The molecule has 0 bridgehead atoms. The van der Waals surface area contributed by atoms with Crippen LogP contribution in [0.1, 0.15) is 90.0 Å². The predicted molar refractivity (Wildman–Crippen MR) is 197 cm³/mol. The van der Waals surface area contributed by atoms with Crippen LogP contribution in [0.25, 0.3) is 16.6 Å². The first kappa shape index (κ1) is 38.4. The fraction of sp³-hybridized carbons (Fsp3) is 0.317. The molecule has 2 unspecified atom stereocenters. The number of methoxy groups -OCH3 is 1. The SMILES string of the molecule is COC(CCCCc1nc2cc(C(=O)N[C@@H](CON3C(=O)c4ccccc4C3O)c3ccc(F)cc3)ccc2c(=O)n1-c1ccc(F)cc1)OC(C)(C)C. The number of rotatable bonds is 14. The first-order valence-corrected chi connectivity index (χ1v) is 17.6. The van der Waals surface area contributed by atoms with E-state index < -0.39 is 42.0 Å². The normalized spacial score (nSPS) is 15.4. The van der Waals surface area contributed by atoms with Crippen molar-refractivity contribution in [3.05, 3.63) is 141 Å². The van der Waals surface area contributed by atoms with Gasteiger partial charge in [-0.25, -0.2) is 13.8 Å². The van der Waals surface area contributed by atoms with Crippen molar-refractivity contribution in [2.45, 2.75) is 70.6 Å².